The standard InChI is InChI=1S/C16H26N2/c1-2-9-18-16-6-4-3-5-15(13-16)12-14-7-10-17-11-8-14/h7-8,10-11,15-16,18H,2-6,9,12-13H2,1H3. The molecule has 1 aliphatic rings. The normalized spacial score (nSPS) is 24.7. The second kappa shape index (κ2) is 7.52. The van der Waals surface area contributed by atoms with E-state index in [1.807, 2.05) is 12.4 Å². The lowest BCUT2D eigenvalue weighted by molar-refractivity contribution is 0.384. The van der Waals surface area contributed by atoms with Crippen LogP contribution in [0.2, 0.25) is 0 Å². The van der Waals surface area contributed by atoms with Crippen molar-refractivity contribution in [3.63, 3.8) is 0 Å². The van der Waals surface area contributed by atoms with E-state index in [0.717, 1.165) is 12.0 Å². The molecule has 0 radical (unpaired) electrons. The molecule has 2 nitrogen and oxygen atoms in total. The third kappa shape index (κ3) is 4.41. The highest BCUT2D eigenvalue weighted by atomic mass is 14.9. The van der Waals surface area contributed by atoms with E-state index in [2.05, 4.69) is 29.4 Å². The van der Waals surface area contributed by atoms with Crippen LogP contribution in [0.3, 0.4) is 0 Å². The molecule has 0 saturated heterocycles. The van der Waals surface area contributed by atoms with Crippen molar-refractivity contribution in [2.75, 3.05) is 6.54 Å². The summed E-state index contributed by atoms with van der Waals surface area (Å²) in [5.41, 5.74) is 1.45. The van der Waals surface area contributed by atoms with Crippen molar-refractivity contribution in [3.8, 4) is 0 Å². The molecule has 2 heteroatoms. The zero-order chi connectivity index (χ0) is 12.6. The minimum absolute atomic E-state index is 0.749. The Hall–Kier alpha value is -0.890. The predicted molar refractivity (Wildman–Crippen MR) is 76.6 cm³/mol. The number of nitrogens with one attached hydrogen (secondary N) is 1. The molecular weight excluding hydrogens is 220 g/mol. The van der Waals surface area contributed by atoms with E-state index >= 15 is 0 Å². The highest BCUT2D eigenvalue weighted by molar-refractivity contribution is 5.10. The van der Waals surface area contributed by atoms with E-state index in [-0.39, 0.29) is 0 Å². The smallest absolute Gasteiger partial charge is 0.0270 e. The maximum atomic E-state index is 4.10. The maximum absolute atomic E-state index is 4.10. The van der Waals surface area contributed by atoms with Gasteiger partial charge in [0.05, 0.1) is 0 Å². The highest BCUT2D eigenvalue weighted by Gasteiger charge is 2.19. The van der Waals surface area contributed by atoms with Gasteiger partial charge >= 0.3 is 0 Å². The Morgan fingerprint density at radius 3 is 2.78 bits per heavy atom. The van der Waals surface area contributed by atoms with Gasteiger partial charge in [-0.2, -0.15) is 0 Å². The van der Waals surface area contributed by atoms with Crippen molar-refractivity contribution in [2.45, 2.75) is 57.9 Å². The number of hydrogen-bond acceptors (Lipinski definition) is 2. The second-order valence-electron chi connectivity index (χ2n) is 5.60. The topological polar surface area (TPSA) is 24.9 Å². The Bertz CT molecular complexity index is 323. The Labute approximate surface area is 111 Å². The third-order valence-electron chi connectivity index (χ3n) is 3.99. The summed E-state index contributed by atoms with van der Waals surface area (Å²) in [7, 11) is 0. The number of nitrogens with zero attached hydrogens (tertiary/aromatic N) is 1. The van der Waals surface area contributed by atoms with Crippen LogP contribution in [0.15, 0.2) is 24.5 Å². The summed E-state index contributed by atoms with van der Waals surface area (Å²) in [6, 6.07) is 5.08. The second-order valence-corrected chi connectivity index (χ2v) is 5.60. The number of rotatable bonds is 5. The van der Waals surface area contributed by atoms with Gasteiger partial charge < -0.3 is 5.32 Å². The Kier molecular flexibility index (Phi) is 5.66. The van der Waals surface area contributed by atoms with Crippen molar-refractivity contribution in [1.29, 1.82) is 0 Å². The average molecular weight is 246 g/mol. The molecule has 1 fully saturated rings. The molecule has 1 heterocycles. The summed E-state index contributed by atoms with van der Waals surface area (Å²) < 4.78 is 0. The van der Waals surface area contributed by atoms with Gasteiger partial charge in [-0.15, -0.1) is 0 Å². The molecule has 100 valence electrons. The van der Waals surface area contributed by atoms with Gasteiger partial charge in [0.1, 0.15) is 0 Å². The number of aromatic nitrogens is 1. The Morgan fingerprint density at radius 1 is 1.22 bits per heavy atom. The molecule has 0 amide bonds. The third-order valence-corrected chi connectivity index (χ3v) is 3.99. The molecule has 0 aromatic carbocycles. The van der Waals surface area contributed by atoms with Crippen LogP contribution in [-0.4, -0.2) is 17.6 Å². The minimum atomic E-state index is 0.749. The summed E-state index contributed by atoms with van der Waals surface area (Å²) in [5.74, 6) is 0.851. The summed E-state index contributed by atoms with van der Waals surface area (Å²) in [4.78, 5) is 4.10. The molecular formula is C16H26N2. The van der Waals surface area contributed by atoms with Crippen LogP contribution in [0.1, 0.15) is 51.0 Å². The molecule has 0 bridgehead atoms. The van der Waals surface area contributed by atoms with Gasteiger partial charge in [-0.05, 0) is 55.8 Å². The van der Waals surface area contributed by atoms with Crippen molar-refractivity contribution in [3.05, 3.63) is 30.1 Å². The molecule has 1 aliphatic carbocycles. The minimum Gasteiger partial charge on any atom is -0.314 e. The first-order chi connectivity index (χ1) is 8.88. The van der Waals surface area contributed by atoms with E-state index in [0.29, 0.717) is 0 Å². The summed E-state index contributed by atoms with van der Waals surface area (Å²) >= 11 is 0. The first-order valence-corrected chi connectivity index (χ1v) is 7.50. The van der Waals surface area contributed by atoms with Crippen LogP contribution in [0.5, 0.6) is 0 Å². The van der Waals surface area contributed by atoms with E-state index < -0.39 is 0 Å². The van der Waals surface area contributed by atoms with Gasteiger partial charge in [-0.3, -0.25) is 4.98 Å². The summed E-state index contributed by atoms with van der Waals surface area (Å²) in [5, 5.41) is 3.71. The van der Waals surface area contributed by atoms with Crippen molar-refractivity contribution >= 4 is 0 Å². The molecule has 1 aromatic heterocycles. The fourth-order valence-corrected chi connectivity index (χ4v) is 3.03. The molecule has 1 aromatic rings. The predicted octanol–water partition coefficient (Wildman–Crippen LogP) is 3.57. The fourth-order valence-electron chi connectivity index (χ4n) is 3.03. The summed E-state index contributed by atoms with van der Waals surface area (Å²) in [6.07, 6.45) is 13.2. The van der Waals surface area contributed by atoms with E-state index in [1.54, 1.807) is 0 Å². The fraction of sp³-hybridized carbons (Fsp3) is 0.688. The van der Waals surface area contributed by atoms with Gasteiger partial charge in [0.15, 0.2) is 0 Å². The summed E-state index contributed by atoms with van der Waals surface area (Å²) in [6.45, 7) is 3.42. The Morgan fingerprint density at radius 2 is 2.00 bits per heavy atom. The lowest BCUT2D eigenvalue weighted by atomic mass is 9.91. The zero-order valence-corrected chi connectivity index (χ0v) is 11.6. The maximum Gasteiger partial charge on any atom is 0.0270 e. The number of hydrogen-bond donors (Lipinski definition) is 1. The van der Waals surface area contributed by atoms with Gasteiger partial charge in [0, 0.05) is 18.4 Å². The van der Waals surface area contributed by atoms with Gasteiger partial charge in [-0.1, -0.05) is 26.2 Å². The highest BCUT2D eigenvalue weighted by Crippen LogP contribution is 2.26. The van der Waals surface area contributed by atoms with Crippen LogP contribution in [0, 0.1) is 5.92 Å². The van der Waals surface area contributed by atoms with Crippen LogP contribution >= 0.6 is 0 Å². The Balaban J connectivity index is 1.86. The quantitative estimate of drug-likeness (QED) is 0.803. The molecule has 18 heavy (non-hydrogen) atoms. The largest absolute Gasteiger partial charge is 0.314 e. The molecule has 2 atom stereocenters. The monoisotopic (exact) mass is 246 g/mol. The molecule has 0 aliphatic heterocycles. The van der Waals surface area contributed by atoms with Crippen molar-refractivity contribution in [1.82, 2.24) is 10.3 Å². The SMILES string of the molecule is CCCNC1CCCCC(Cc2ccncc2)C1. The zero-order valence-electron chi connectivity index (χ0n) is 11.6. The molecule has 0 spiro atoms. The first-order valence-electron chi connectivity index (χ1n) is 7.50. The average Bonchev–Trinajstić information content (AvgIpc) is 2.63. The van der Waals surface area contributed by atoms with Crippen LogP contribution in [-0.2, 0) is 6.42 Å². The molecule has 1 N–H and O–H groups in total. The van der Waals surface area contributed by atoms with E-state index in [4.69, 9.17) is 0 Å². The van der Waals surface area contributed by atoms with Crippen LogP contribution in [0.4, 0.5) is 0 Å². The van der Waals surface area contributed by atoms with Crippen molar-refractivity contribution < 1.29 is 0 Å². The van der Waals surface area contributed by atoms with Crippen molar-refractivity contribution in [2.24, 2.45) is 5.92 Å². The lowest BCUT2D eigenvalue weighted by Crippen LogP contribution is -2.31. The first kappa shape index (κ1) is 13.5. The molecule has 2 rings (SSSR count). The van der Waals surface area contributed by atoms with Crippen LogP contribution < -0.4 is 5.32 Å². The van der Waals surface area contributed by atoms with E-state index in [9.17, 15) is 0 Å². The van der Waals surface area contributed by atoms with Gasteiger partial charge in [0.25, 0.3) is 0 Å². The lowest BCUT2D eigenvalue weighted by Gasteiger charge is -2.21. The van der Waals surface area contributed by atoms with Gasteiger partial charge in [0.2, 0.25) is 0 Å². The van der Waals surface area contributed by atoms with E-state index in [1.165, 1.54) is 57.1 Å². The van der Waals surface area contributed by atoms with Crippen LogP contribution in [0.25, 0.3) is 0 Å². The number of pyridine rings is 1. The molecule has 1 saturated carbocycles. The molecule has 2 unspecified atom stereocenters. The van der Waals surface area contributed by atoms with Gasteiger partial charge in [-0.25, -0.2) is 0 Å².